The second-order valence-corrected chi connectivity index (χ2v) is 17.6. The molecule has 0 saturated carbocycles. The summed E-state index contributed by atoms with van der Waals surface area (Å²) in [6.07, 6.45) is -4.92. The summed E-state index contributed by atoms with van der Waals surface area (Å²) in [5, 5.41) is 38.9. The Balaban J connectivity index is 0.000000196. The van der Waals surface area contributed by atoms with Gasteiger partial charge in [0.25, 0.3) is 11.8 Å². The van der Waals surface area contributed by atoms with Crippen molar-refractivity contribution in [3.05, 3.63) is 184 Å². The van der Waals surface area contributed by atoms with E-state index in [1.807, 2.05) is 18.2 Å². The predicted octanol–water partition coefficient (Wildman–Crippen LogP) is 14.7. The van der Waals surface area contributed by atoms with Crippen LogP contribution in [0.1, 0.15) is 45.4 Å². The maximum Gasteiger partial charge on any atom is 0.433 e. The molecule has 0 fully saturated rings. The van der Waals surface area contributed by atoms with Crippen LogP contribution in [-0.4, -0.2) is 35.2 Å². The fourth-order valence-electron chi connectivity index (χ4n) is 6.77. The van der Waals surface area contributed by atoms with E-state index in [0.29, 0.717) is 22.0 Å². The number of nitrogen functional groups attached to an aromatic ring is 1. The maximum absolute atomic E-state index is 15.4. The third-order valence-electron chi connectivity index (χ3n) is 10.0. The number of nitrogens with zero attached hydrogens (tertiary/aromatic N) is 9. The van der Waals surface area contributed by atoms with Crippen LogP contribution < -0.4 is 15.2 Å². The number of nitrogens with two attached hydrogens (primary N) is 1. The highest BCUT2D eigenvalue weighted by molar-refractivity contribution is 6.33. The molecule has 0 saturated heterocycles. The average Bonchev–Trinajstić information content (AvgIpc) is 4.09. The van der Waals surface area contributed by atoms with Crippen LogP contribution in [0.3, 0.4) is 0 Å². The van der Waals surface area contributed by atoms with Crippen molar-refractivity contribution in [3.63, 3.8) is 0 Å². The summed E-state index contributed by atoms with van der Waals surface area (Å²) in [7, 11) is 0. The van der Waals surface area contributed by atoms with E-state index in [0.717, 1.165) is 12.1 Å². The van der Waals surface area contributed by atoms with Crippen LogP contribution in [0.2, 0.25) is 30.3 Å². The summed E-state index contributed by atoms with van der Waals surface area (Å²) >= 11 is 36.2. The Hall–Kier alpha value is -7.49. The molecule has 0 aliphatic heterocycles. The van der Waals surface area contributed by atoms with Crippen LogP contribution in [0.25, 0.3) is 28.6 Å². The SMILES string of the molecule is Cc1nn(-c2cccc(Cl)c2)c(N)c1-c1nnc(Cc2ccc(Cl)c(Oc3cc(Cl)cc(C#N)c3)c2F)o1.N#Cc1cc(Cl)cc(Oc2c(Cl)ccc(Cc3nnc(-c4ccc(C(F)(F)F)nc4Cl)o3)c2F)c1. The molecule has 4 heterocycles. The Morgan fingerprint density at radius 3 is 1.70 bits per heavy atom. The van der Waals surface area contributed by atoms with Gasteiger partial charge in [0.2, 0.25) is 11.8 Å². The summed E-state index contributed by atoms with van der Waals surface area (Å²) in [5.74, 6) is -1.53. The third kappa shape index (κ3) is 11.9. The molecule has 9 aromatic rings. The minimum Gasteiger partial charge on any atom is -0.453 e. The van der Waals surface area contributed by atoms with Crippen molar-refractivity contribution < 1.29 is 40.3 Å². The van der Waals surface area contributed by atoms with Crippen molar-refractivity contribution in [1.29, 1.82) is 10.5 Å². The Morgan fingerprint density at radius 1 is 0.658 bits per heavy atom. The lowest BCUT2D eigenvalue weighted by Gasteiger charge is -2.12. The number of anilines is 1. The van der Waals surface area contributed by atoms with Crippen LogP contribution in [0.15, 0.2) is 106 Å². The van der Waals surface area contributed by atoms with Gasteiger partial charge in [-0.1, -0.05) is 87.8 Å². The fraction of sp³-hybridized carbons (Fsp3) is 0.0833. The topological polar surface area (TPSA) is 201 Å². The molecule has 9 rings (SSSR count). The standard InChI is InChI=1S/C26H16Cl3FN6O2.C22H9Cl3F4N4O2/c1-13-22(25(32)36(35-13)18-4-2-3-16(27)10-18)26-34-33-21(38-26)9-15-5-6-20(29)24(23(15)30)37-19-8-14(12-31)7-17(28)11-19;23-12-5-10(9-30)6-13(8-12)34-19-15(24)3-1-11(18(19)26)7-17-32-33-21(35-17)14-2-4-16(22(27,28)29)31-20(14)25/h2-8,10-11H,9,32H2,1H3;1-6,8H,7H2. The molecule has 0 unspecified atom stereocenters. The zero-order valence-corrected chi connectivity index (χ0v) is 41.1. The molecule has 368 valence electrons. The van der Waals surface area contributed by atoms with Gasteiger partial charge in [-0.2, -0.15) is 28.8 Å². The van der Waals surface area contributed by atoms with Crippen LogP contribution >= 0.6 is 69.6 Å². The molecule has 0 bridgehead atoms. The first kappa shape index (κ1) is 51.9. The van der Waals surface area contributed by atoms with Gasteiger partial charge in [0.15, 0.2) is 23.1 Å². The molecule has 0 spiro atoms. The number of aryl methyl sites for hydroxylation is 1. The molecule has 0 aliphatic rings. The first-order valence-electron chi connectivity index (χ1n) is 20.5. The smallest absolute Gasteiger partial charge is 0.433 e. The second-order valence-electron chi connectivity index (χ2n) is 15.1. The molecule has 25 heteroatoms. The largest absolute Gasteiger partial charge is 0.453 e. The van der Waals surface area contributed by atoms with Crippen LogP contribution in [-0.2, 0) is 19.0 Å². The van der Waals surface area contributed by atoms with E-state index in [1.165, 1.54) is 65.3 Å². The molecular weight excluding hydrogens is 1090 g/mol. The Bertz CT molecular complexity index is 3670. The summed E-state index contributed by atoms with van der Waals surface area (Å²) in [4.78, 5) is 3.30. The monoisotopic (exact) mass is 1110 g/mol. The molecule has 4 aromatic heterocycles. The van der Waals surface area contributed by atoms with Crippen LogP contribution in [0.4, 0.5) is 27.8 Å². The van der Waals surface area contributed by atoms with E-state index in [1.54, 1.807) is 25.1 Å². The Kier molecular flexibility index (Phi) is 15.4. The summed E-state index contributed by atoms with van der Waals surface area (Å²) in [6, 6.07) is 26.9. The predicted molar refractivity (Wildman–Crippen MR) is 259 cm³/mol. The minimum atomic E-state index is -4.67. The third-order valence-corrected chi connectivity index (χ3v) is 11.6. The molecule has 0 amide bonds. The Labute approximate surface area is 438 Å². The van der Waals surface area contributed by atoms with Gasteiger partial charge in [0, 0.05) is 26.2 Å². The molecule has 0 aliphatic carbocycles. The number of pyridine rings is 1. The van der Waals surface area contributed by atoms with Gasteiger partial charge in [-0.05, 0) is 85.8 Å². The zero-order valence-electron chi connectivity index (χ0n) is 36.5. The molecule has 14 nitrogen and oxygen atoms in total. The molecule has 5 aromatic carbocycles. The number of ether oxygens (including phenoxy) is 2. The van der Waals surface area contributed by atoms with Crippen molar-refractivity contribution in [2.75, 3.05) is 5.73 Å². The average molecular weight is 1110 g/mol. The normalized spacial score (nSPS) is 11.2. The van der Waals surface area contributed by atoms with E-state index in [-0.39, 0.29) is 113 Å². The van der Waals surface area contributed by atoms with Gasteiger partial charge in [-0.25, -0.2) is 18.4 Å². The lowest BCUT2D eigenvalue weighted by atomic mass is 10.1. The van der Waals surface area contributed by atoms with Gasteiger partial charge < -0.3 is 24.0 Å². The van der Waals surface area contributed by atoms with Gasteiger partial charge in [-0.15, -0.1) is 20.4 Å². The lowest BCUT2D eigenvalue weighted by Crippen LogP contribution is -2.08. The van der Waals surface area contributed by atoms with Gasteiger partial charge in [0.1, 0.15) is 33.7 Å². The van der Waals surface area contributed by atoms with E-state index in [4.69, 9.17) is 104 Å². The number of nitriles is 2. The van der Waals surface area contributed by atoms with Crippen molar-refractivity contribution in [3.8, 4) is 63.7 Å². The highest BCUT2D eigenvalue weighted by Gasteiger charge is 2.33. The fourth-order valence-corrected chi connectivity index (χ4v) is 8.01. The molecule has 73 heavy (non-hydrogen) atoms. The first-order chi connectivity index (χ1) is 34.8. The lowest BCUT2D eigenvalue weighted by molar-refractivity contribution is -0.141. The second kappa shape index (κ2) is 21.7. The first-order valence-corrected chi connectivity index (χ1v) is 22.8. The van der Waals surface area contributed by atoms with Crippen LogP contribution in [0.5, 0.6) is 23.0 Å². The van der Waals surface area contributed by atoms with Crippen molar-refractivity contribution in [2.24, 2.45) is 0 Å². The van der Waals surface area contributed by atoms with Gasteiger partial charge in [0.05, 0.1) is 63.1 Å². The number of benzene rings is 5. The van der Waals surface area contributed by atoms with Crippen molar-refractivity contribution in [1.82, 2.24) is 35.2 Å². The molecule has 0 atom stereocenters. The van der Waals surface area contributed by atoms with E-state index in [2.05, 4.69) is 30.5 Å². The molecule has 0 radical (unpaired) electrons. The number of hydrogen-bond donors (Lipinski definition) is 1. The summed E-state index contributed by atoms with van der Waals surface area (Å²) < 4.78 is 93.0. The maximum atomic E-state index is 15.4. The number of halogens is 11. The highest BCUT2D eigenvalue weighted by atomic mass is 35.5. The number of hydrogen-bond acceptors (Lipinski definition) is 13. The van der Waals surface area contributed by atoms with Gasteiger partial charge >= 0.3 is 6.18 Å². The van der Waals surface area contributed by atoms with E-state index in [9.17, 15) is 13.2 Å². The number of aromatic nitrogens is 7. The quantitative estimate of drug-likeness (QED) is 0.0948. The number of alkyl halides is 3. The molecular formula is C48H25Cl6F5N10O4. The highest BCUT2D eigenvalue weighted by Crippen LogP contribution is 2.39. The van der Waals surface area contributed by atoms with E-state index >= 15 is 8.78 Å². The summed E-state index contributed by atoms with van der Waals surface area (Å²) in [5.41, 5.74) is 7.57. The molecule has 2 N–H and O–H groups in total. The Morgan fingerprint density at radius 2 is 1.19 bits per heavy atom. The van der Waals surface area contributed by atoms with E-state index < -0.39 is 28.7 Å². The zero-order chi connectivity index (χ0) is 52.3. The van der Waals surface area contributed by atoms with Crippen molar-refractivity contribution in [2.45, 2.75) is 25.9 Å². The summed E-state index contributed by atoms with van der Waals surface area (Å²) in [6.45, 7) is 1.76. The van der Waals surface area contributed by atoms with Crippen molar-refractivity contribution >= 4 is 75.4 Å². The number of rotatable bonds is 11. The minimum absolute atomic E-state index is 0.0201. The van der Waals surface area contributed by atoms with Crippen LogP contribution in [0, 0.1) is 41.2 Å². The van der Waals surface area contributed by atoms with Gasteiger partial charge in [-0.3, -0.25) is 0 Å².